The molecule has 1 N–H and O–H groups in total. The fourth-order valence-electron chi connectivity index (χ4n) is 4.53. The summed E-state index contributed by atoms with van der Waals surface area (Å²) in [6.45, 7) is 5.35. The van der Waals surface area contributed by atoms with Gasteiger partial charge in [-0.3, -0.25) is 9.59 Å². The molecule has 0 aliphatic carbocycles. The van der Waals surface area contributed by atoms with E-state index in [1.807, 2.05) is 53.8 Å². The highest BCUT2D eigenvalue weighted by atomic mass is 16.7. The lowest BCUT2D eigenvalue weighted by Gasteiger charge is -2.31. The van der Waals surface area contributed by atoms with Gasteiger partial charge in [-0.1, -0.05) is 24.6 Å². The Bertz CT molecular complexity index is 1210. The van der Waals surface area contributed by atoms with E-state index in [0.717, 1.165) is 11.4 Å². The minimum atomic E-state index is -0.143. The van der Waals surface area contributed by atoms with E-state index in [2.05, 4.69) is 10.4 Å². The third-order valence-electron chi connectivity index (χ3n) is 6.51. The molecular formula is C26H28N4O4. The summed E-state index contributed by atoms with van der Waals surface area (Å²) in [5.41, 5.74) is 4.34. The molecule has 0 saturated carbocycles. The van der Waals surface area contributed by atoms with Crippen LogP contribution in [0.2, 0.25) is 0 Å². The quantitative estimate of drug-likeness (QED) is 0.623. The highest BCUT2D eigenvalue weighted by molar-refractivity contribution is 5.96. The molecule has 1 fully saturated rings. The number of amides is 2. The minimum absolute atomic E-state index is 0.0233. The van der Waals surface area contributed by atoms with Crippen LogP contribution in [0.5, 0.6) is 11.5 Å². The van der Waals surface area contributed by atoms with Gasteiger partial charge in [0, 0.05) is 30.8 Å². The van der Waals surface area contributed by atoms with Crippen LogP contribution in [0.4, 0.5) is 5.69 Å². The van der Waals surface area contributed by atoms with Gasteiger partial charge in [0.2, 0.25) is 12.7 Å². The molecule has 0 atom stereocenters. The summed E-state index contributed by atoms with van der Waals surface area (Å²) in [5, 5.41) is 7.47. The highest BCUT2D eigenvalue weighted by Crippen LogP contribution is 2.34. The number of rotatable bonds is 5. The van der Waals surface area contributed by atoms with Crippen LogP contribution in [0.3, 0.4) is 0 Å². The number of likely N-dealkylation sites (tertiary alicyclic amines) is 1. The number of hydrogen-bond acceptors (Lipinski definition) is 5. The van der Waals surface area contributed by atoms with Crippen molar-refractivity contribution in [3.8, 4) is 17.2 Å². The van der Waals surface area contributed by atoms with Crippen molar-refractivity contribution in [3.63, 3.8) is 0 Å². The minimum Gasteiger partial charge on any atom is -0.454 e. The van der Waals surface area contributed by atoms with Gasteiger partial charge in [0.1, 0.15) is 0 Å². The molecule has 2 aliphatic heterocycles. The number of hydrogen-bond donors (Lipinski definition) is 1. The molecule has 2 aromatic carbocycles. The third kappa shape index (κ3) is 4.23. The van der Waals surface area contributed by atoms with Crippen molar-refractivity contribution in [1.29, 1.82) is 0 Å². The van der Waals surface area contributed by atoms with Crippen LogP contribution >= 0.6 is 0 Å². The predicted octanol–water partition coefficient (Wildman–Crippen LogP) is 3.96. The number of piperidine rings is 1. The molecule has 0 radical (unpaired) electrons. The number of aromatic nitrogens is 2. The zero-order valence-electron chi connectivity index (χ0n) is 19.4. The summed E-state index contributed by atoms with van der Waals surface area (Å²) in [7, 11) is 0. The number of carbonyl (C=O) groups is 2. The fraction of sp³-hybridized carbons (Fsp3) is 0.346. The number of fused-ring (bicyclic) bond motifs is 1. The normalized spacial score (nSPS) is 15.4. The molecule has 8 nitrogen and oxygen atoms in total. The number of ether oxygens (including phenoxy) is 2. The van der Waals surface area contributed by atoms with Gasteiger partial charge >= 0.3 is 0 Å². The standard InChI is InChI=1S/C26H28N4O4/c1-3-22-21(15-27-30(22)20-7-4-17(2)5-8-20)26(32)29-12-10-18(11-13-29)25(31)28-19-6-9-23-24(14-19)34-16-33-23/h4-9,14-15,18H,3,10-13,16H2,1-2H3,(H,28,31). The Kier molecular flexibility index (Phi) is 5.96. The zero-order chi connectivity index (χ0) is 23.7. The average Bonchev–Trinajstić information content (AvgIpc) is 3.50. The molecule has 34 heavy (non-hydrogen) atoms. The number of nitrogens with zero attached hydrogens (tertiary/aromatic N) is 3. The van der Waals surface area contributed by atoms with Crippen LogP contribution in [0, 0.1) is 12.8 Å². The zero-order valence-corrected chi connectivity index (χ0v) is 19.4. The van der Waals surface area contributed by atoms with Gasteiger partial charge in [0.05, 0.1) is 23.1 Å². The molecule has 0 spiro atoms. The first-order chi connectivity index (χ1) is 16.5. The average molecular weight is 461 g/mol. The molecule has 5 rings (SSSR count). The molecule has 1 aromatic heterocycles. The van der Waals surface area contributed by atoms with E-state index in [1.165, 1.54) is 5.56 Å². The molecule has 1 saturated heterocycles. The van der Waals surface area contributed by atoms with Crippen LogP contribution in [0.1, 0.15) is 41.4 Å². The lowest BCUT2D eigenvalue weighted by atomic mass is 9.95. The van der Waals surface area contributed by atoms with E-state index >= 15 is 0 Å². The number of aryl methyl sites for hydroxylation is 1. The van der Waals surface area contributed by atoms with Gasteiger partial charge in [0.25, 0.3) is 5.91 Å². The van der Waals surface area contributed by atoms with E-state index in [0.29, 0.717) is 55.1 Å². The van der Waals surface area contributed by atoms with E-state index < -0.39 is 0 Å². The monoisotopic (exact) mass is 460 g/mol. The van der Waals surface area contributed by atoms with Crippen molar-refractivity contribution in [2.75, 3.05) is 25.2 Å². The van der Waals surface area contributed by atoms with Crippen molar-refractivity contribution >= 4 is 17.5 Å². The summed E-state index contributed by atoms with van der Waals surface area (Å²) in [6.07, 6.45) is 3.61. The van der Waals surface area contributed by atoms with Gasteiger partial charge in [-0.2, -0.15) is 5.10 Å². The summed E-state index contributed by atoms with van der Waals surface area (Å²) in [5.74, 6) is 1.12. The summed E-state index contributed by atoms with van der Waals surface area (Å²) < 4.78 is 12.5. The Morgan fingerprint density at radius 1 is 1.06 bits per heavy atom. The van der Waals surface area contributed by atoms with Crippen molar-refractivity contribution in [2.24, 2.45) is 5.92 Å². The first kappa shape index (κ1) is 22.0. The van der Waals surface area contributed by atoms with Crippen LogP contribution < -0.4 is 14.8 Å². The third-order valence-corrected chi connectivity index (χ3v) is 6.51. The molecule has 176 valence electrons. The summed E-state index contributed by atoms with van der Waals surface area (Å²) in [4.78, 5) is 27.9. The first-order valence-corrected chi connectivity index (χ1v) is 11.7. The Morgan fingerprint density at radius 2 is 1.79 bits per heavy atom. The largest absolute Gasteiger partial charge is 0.454 e. The number of nitrogens with one attached hydrogen (secondary N) is 1. The Hall–Kier alpha value is -3.81. The van der Waals surface area contributed by atoms with Gasteiger partial charge in [-0.15, -0.1) is 0 Å². The Labute approximate surface area is 198 Å². The van der Waals surface area contributed by atoms with Crippen molar-refractivity contribution in [2.45, 2.75) is 33.1 Å². The lowest BCUT2D eigenvalue weighted by molar-refractivity contribution is -0.121. The summed E-state index contributed by atoms with van der Waals surface area (Å²) in [6, 6.07) is 13.5. The first-order valence-electron chi connectivity index (χ1n) is 11.7. The van der Waals surface area contributed by atoms with Crippen LogP contribution in [0.25, 0.3) is 5.69 Å². The lowest BCUT2D eigenvalue weighted by Crippen LogP contribution is -2.41. The van der Waals surface area contributed by atoms with E-state index in [9.17, 15) is 9.59 Å². The molecule has 8 heteroatoms. The SMILES string of the molecule is CCc1c(C(=O)N2CCC(C(=O)Nc3ccc4c(c3)OCO4)CC2)cnn1-c1ccc(C)cc1. The van der Waals surface area contributed by atoms with Gasteiger partial charge in [-0.25, -0.2) is 4.68 Å². The van der Waals surface area contributed by atoms with Crippen LogP contribution in [0.15, 0.2) is 48.7 Å². The number of benzene rings is 2. The Morgan fingerprint density at radius 3 is 2.53 bits per heavy atom. The van der Waals surface area contributed by atoms with Crippen LogP contribution in [-0.4, -0.2) is 46.4 Å². The van der Waals surface area contributed by atoms with Gasteiger partial charge < -0.3 is 19.7 Å². The van der Waals surface area contributed by atoms with E-state index in [1.54, 1.807) is 18.3 Å². The number of carbonyl (C=O) groups excluding carboxylic acids is 2. The van der Waals surface area contributed by atoms with Crippen molar-refractivity contribution in [3.05, 3.63) is 65.5 Å². The van der Waals surface area contributed by atoms with E-state index in [4.69, 9.17) is 9.47 Å². The second-order valence-electron chi connectivity index (χ2n) is 8.73. The maximum absolute atomic E-state index is 13.3. The van der Waals surface area contributed by atoms with Gasteiger partial charge in [0.15, 0.2) is 11.5 Å². The highest BCUT2D eigenvalue weighted by Gasteiger charge is 2.30. The van der Waals surface area contributed by atoms with Crippen molar-refractivity contribution in [1.82, 2.24) is 14.7 Å². The molecule has 0 unspecified atom stereocenters. The second-order valence-corrected chi connectivity index (χ2v) is 8.73. The molecule has 2 aliphatic rings. The topological polar surface area (TPSA) is 85.7 Å². The molecule has 0 bridgehead atoms. The molecule has 3 aromatic rings. The van der Waals surface area contributed by atoms with E-state index in [-0.39, 0.29) is 24.5 Å². The van der Waals surface area contributed by atoms with Crippen LogP contribution in [-0.2, 0) is 11.2 Å². The van der Waals surface area contributed by atoms with Gasteiger partial charge in [-0.05, 0) is 50.5 Å². The molecule has 3 heterocycles. The van der Waals surface area contributed by atoms with Crippen molar-refractivity contribution < 1.29 is 19.1 Å². The maximum atomic E-state index is 13.3. The maximum Gasteiger partial charge on any atom is 0.257 e. The number of anilines is 1. The second kappa shape index (κ2) is 9.21. The fourth-order valence-corrected chi connectivity index (χ4v) is 4.53. The predicted molar refractivity (Wildman–Crippen MR) is 128 cm³/mol. The summed E-state index contributed by atoms with van der Waals surface area (Å²) >= 11 is 0. The smallest absolute Gasteiger partial charge is 0.257 e. The molecular weight excluding hydrogens is 432 g/mol. The Balaban J connectivity index is 1.22. The molecule has 2 amide bonds.